The Morgan fingerprint density at radius 1 is 1.16 bits per heavy atom. The van der Waals surface area contributed by atoms with Gasteiger partial charge in [-0.15, -0.1) is 0 Å². The van der Waals surface area contributed by atoms with Crippen molar-refractivity contribution in [2.45, 2.75) is 6.10 Å². The normalized spacial score (nSPS) is 21.9. The van der Waals surface area contributed by atoms with Crippen LogP contribution < -0.4 is 10.2 Å². The Morgan fingerprint density at radius 2 is 1.89 bits per heavy atom. The van der Waals surface area contributed by atoms with E-state index in [1.807, 2.05) is 18.2 Å². The number of benzene rings is 1. The van der Waals surface area contributed by atoms with E-state index in [0.717, 1.165) is 37.6 Å². The standard InChI is InChI=1S/C14H21N3O2/c1-16-6-8-17(9-7-16)15-13-4-2-3-5-14(13)19-12-10-18-11-12/h2-5,12,15H,6-11H2,1H3. The van der Waals surface area contributed by atoms with Gasteiger partial charge in [-0.3, -0.25) is 0 Å². The van der Waals surface area contributed by atoms with E-state index in [1.165, 1.54) is 0 Å². The number of hydrazine groups is 1. The molecule has 0 aromatic heterocycles. The predicted molar refractivity (Wildman–Crippen MR) is 74.4 cm³/mol. The second-order valence-electron chi connectivity index (χ2n) is 5.18. The van der Waals surface area contributed by atoms with E-state index >= 15 is 0 Å². The first-order valence-corrected chi connectivity index (χ1v) is 6.85. The Balaban J connectivity index is 1.62. The molecule has 104 valence electrons. The molecule has 0 unspecified atom stereocenters. The minimum Gasteiger partial charge on any atom is -0.483 e. The highest BCUT2D eigenvalue weighted by atomic mass is 16.6. The van der Waals surface area contributed by atoms with Crippen molar-refractivity contribution in [2.75, 3.05) is 51.9 Å². The van der Waals surface area contributed by atoms with Gasteiger partial charge in [-0.25, -0.2) is 5.01 Å². The number of rotatable bonds is 4. The number of hydrogen-bond acceptors (Lipinski definition) is 5. The minimum atomic E-state index is 0.204. The van der Waals surface area contributed by atoms with Gasteiger partial charge in [-0.2, -0.15) is 0 Å². The predicted octanol–water partition coefficient (Wildman–Crippen LogP) is 1.04. The second kappa shape index (κ2) is 5.77. The molecule has 2 aliphatic rings. The van der Waals surface area contributed by atoms with Gasteiger partial charge in [-0.1, -0.05) is 12.1 Å². The van der Waals surface area contributed by atoms with Gasteiger partial charge < -0.3 is 19.8 Å². The first-order chi connectivity index (χ1) is 9.31. The second-order valence-corrected chi connectivity index (χ2v) is 5.18. The molecule has 0 saturated carbocycles. The van der Waals surface area contributed by atoms with Gasteiger partial charge in [0.1, 0.15) is 11.9 Å². The highest BCUT2D eigenvalue weighted by molar-refractivity contribution is 5.55. The number of ether oxygens (including phenoxy) is 2. The van der Waals surface area contributed by atoms with E-state index in [-0.39, 0.29) is 6.10 Å². The molecule has 2 saturated heterocycles. The fraction of sp³-hybridized carbons (Fsp3) is 0.571. The number of para-hydroxylation sites is 2. The largest absolute Gasteiger partial charge is 0.483 e. The Morgan fingerprint density at radius 3 is 2.58 bits per heavy atom. The number of hydrogen-bond donors (Lipinski definition) is 1. The fourth-order valence-electron chi connectivity index (χ4n) is 2.21. The van der Waals surface area contributed by atoms with Crippen LogP contribution in [0.4, 0.5) is 5.69 Å². The van der Waals surface area contributed by atoms with Crippen molar-refractivity contribution in [3.63, 3.8) is 0 Å². The van der Waals surface area contributed by atoms with Crippen LogP contribution >= 0.6 is 0 Å². The van der Waals surface area contributed by atoms with E-state index in [4.69, 9.17) is 9.47 Å². The molecule has 2 fully saturated rings. The van der Waals surface area contributed by atoms with Crippen molar-refractivity contribution in [3.8, 4) is 5.75 Å². The van der Waals surface area contributed by atoms with Crippen molar-refractivity contribution in [1.29, 1.82) is 0 Å². The van der Waals surface area contributed by atoms with Crippen LogP contribution in [0.25, 0.3) is 0 Å². The number of anilines is 1. The molecule has 3 rings (SSSR count). The van der Waals surface area contributed by atoms with E-state index in [0.29, 0.717) is 13.2 Å². The smallest absolute Gasteiger partial charge is 0.145 e. The summed E-state index contributed by atoms with van der Waals surface area (Å²) >= 11 is 0. The summed E-state index contributed by atoms with van der Waals surface area (Å²) in [5, 5.41) is 2.25. The van der Waals surface area contributed by atoms with Crippen LogP contribution in [0.3, 0.4) is 0 Å². The molecule has 0 amide bonds. The maximum atomic E-state index is 5.92. The Bertz CT molecular complexity index is 415. The zero-order chi connectivity index (χ0) is 13.1. The molecule has 1 aromatic rings. The van der Waals surface area contributed by atoms with Gasteiger partial charge in [0.25, 0.3) is 0 Å². The SMILES string of the molecule is CN1CCN(Nc2ccccc2OC2COC2)CC1. The van der Waals surface area contributed by atoms with Crippen LogP contribution in [0, 0.1) is 0 Å². The molecular weight excluding hydrogens is 242 g/mol. The molecular formula is C14H21N3O2. The molecule has 19 heavy (non-hydrogen) atoms. The van der Waals surface area contributed by atoms with E-state index in [9.17, 15) is 0 Å². The summed E-state index contributed by atoms with van der Waals surface area (Å²) in [6.07, 6.45) is 0.204. The number of likely N-dealkylation sites (N-methyl/N-ethyl adjacent to an activating group) is 1. The van der Waals surface area contributed by atoms with Gasteiger partial charge in [-0.05, 0) is 19.2 Å². The van der Waals surface area contributed by atoms with Crippen molar-refractivity contribution in [1.82, 2.24) is 9.91 Å². The Hall–Kier alpha value is -1.30. The monoisotopic (exact) mass is 263 g/mol. The van der Waals surface area contributed by atoms with Crippen molar-refractivity contribution in [3.05, 3.63) is 24.3 Å². The van der Waals surface area contributed by atoms with E-state index in [2.05, 4.69) is 28.4 Å². The first-order valence-electron chi connectivity index (χ1n) is 6.85. The quantitative estimate of drug-likeness (QED) is 0.878. The average molecular weight is 263 g/mol. The molecule has 1 N–H and O–H groups in total. The van der Waals surface area contributed by atoms with Crippen LogP contribution in [-0.4, -0.2) is 62.5 Å². The highest BCUT2D eigenvalue weighted by Gasteiger charge is 2.22. The molecule has 0 bridgehead atoms. The third-order valence-electron chi connectivity index (χ3n) is 3.57. The van der Waals surface area contributed by atoms with Crippen LogP contribution in [-0.2, 0) is 4.74 Å². The van der Waals surface area contributed by atoms with Gasteiger partial charge >= 0.3 is 0 Å². The fourth-order valence-corrected chi connectivity index (χ4v) is 2.21. The van der Waals surface area contributed by atoms with Crippen molar-refractivity contribution < 1.29 is 9.47 Å². The molecule has 0 spiro atoms. The zero-order valence-corrected chi connectivity index (χ0v) is 11.3. The Kier molecular flexibility index (Phi) is 3.87. The summed E-state index contributed by atoms with van der Waals surface area (Å²) in [6.45, 7) is 5.62. The van der Waals surface area contributed by atoms with Gasteiger partial charge in [0.05, 0.1) is 18.9 Å². The lowest BCUT2D eigenvalue weighted by atomic mass is 10.2. The molecule has 2 aliphatic heterocycles. The topological polar surface area (TPSA) is 37.0 Å². The molecule has 0 atom stereocenters. The van der Waals surface area contributed by atoms with E-state index < -0.39 is 0 Å². The lowest BCUT2D eigenvalue weighted by Gasteiger charge is -2.34. The minimum absolute atomic E-state index is 0.204. The average Bonchev–Trinajstić information content (AvgIpc) is 2.38. The van der Waals surface area contributed by atoms with Crippen molar-refractivity contribution in [2.24, 2.45) is 0 Å². The molecule has 1 aromatic carbocycles. The molecule has 0 radical (unpaired) electrons. The van der Waals surface area contributed by atoms with Crippen LogP contribution in [0.1, 0.15) is 0 Å². The number of piperazine rings is 1. The summed E-state index contributed by atoms with van der Waals surface area (Å²) < 4.78 is 11.1. The highest BCUT2D eigenvalue weighted by Crippen LogP contribution is 2.26. The Labute approximate surface area is 114 Å². The third-order valence-corrected chi connectivity index (χ3v) is 3.57. The maximum absolute atomic E-state index is 5.92. The summed E-state index contributed by atoms with van der Waals surface area (Å²) in [4.78, 5) is 2.34. The maximum Gasteiger partial charge on any atom is 0.145 e. The lowest BCUT2D eigenvalue weighted by molar-refractivity contribution is -0.0794. The summed E-state index contributed by atoms with van der Waals surface area (Å²) in [5.41, 5.74) is 4.51. The molecule has 5 heteroatoms. The van der Waals surface area contributed by atoms with Gasteiger partial charge in [0.15, 0.2) is 0 Å². The van der Waals surface area contributed by atoms with Gasteiger partial charge in [0.2, 0.25) is 0 Å². The van der Waals surface area contributed by atoms with E-state index in [1.54, 1.807) is 0 Å². The summed E-state index contributed by atoms with van der Waals surface area (Å²) in [5.74, 6) is 0.912. The zero-order valence-electron chi connectivity index (χ0n) is 11.3. The summed E-state index contributed by atoms with van der Waals surface area (Å²) in [7, 11) is 2.16. The summed E-state index contributed by atoms with van der Waals surface area (Å²) in [6, 6.07) is 8.11. The first kappa shape index (κ1) is 12.7. The van der Waals surface area contributed by atoms with Gasteiger partial charge in [0, 0.05) is 26.2 Å². The number of nitrogens with zero attached hydrogens (tertiary/aromatic N) is 2. The third kappa shape index (κ3) is 3.18. The number of nitrogens with one attached hydrogen (secondary N) is 1. The molecule has 5 nitrogen and oxygen atoms in total. The van der Waals surface area contributed by atoms with Crippen LogP contribution in [0.5, 0.6) is 5.75 Å². The lowest BCUT2D eigenvalue weighted by Crippen LogP contribution is -2.47. The van der Waals surface area contributed by atoms with Crippen LogP contribution in [0.15, 0.2) is 24.3 Å². The molecule has 0 aliphatic carbocycles. The molecule has 2 heterocycles. The van der Waals surface area contributed by atoms with Crippen LogP contribution in [0.2, 0.25) is 0 Å². The van der Waals surface area contributed by atoms with Crippen molar-refractivity contribution >= 4 is 5.69 Å².